The van der Waals surface area contributed by atoms with Crippen LogP contribution in [-0.2, 0) is 9.53 Å². The van der Waals surface area contributed by atoms with Gasteiger partial charge in [0.2, 0.25) is 5.91 Å². The Hall–Kier alpha value is -2.82. The molecule has 3 rings (SSSR count). The Morgan fingerprint density at radius 3 is 2.67 bits per heavy atom. The summed E-state index contributed by atoms with van der Waals surface area (Å²) in [5, 5.41) is 2.90. The third-order valence-corrected chi connectivity index (χ3v) is 3.94. The van der Waals surface area contributed by atoms with Crippen LogP contribution in [0.15, 0.2) is 48.5 Å². The zero-order valence-corrected chi connectivity index (χ0v) is 13.5. The normalized spacial score (nSPS) is 15.8. The van der Waals surface area contributed by atoms with Crippen LogP contribution in [-0.4, -0.2) is 25.1 Å². The zero-order chi connectivity index (χ0) is 16.9. The molecule has 1 N–H and O–H groups in total. The summed E-state index contributed by atoms with van der Waals surface area (Å²) in [4.78, 5) is 24.2. The maximum Gasteiger partial charge on any atom is 0.338 e. The SMILES string of the molecule is CCOC(=O)c1ccc(NC(=O)C2CCOc3ccccc32)cc1. The summed E-state index contributed by atoms with van der Waals surface area (Å²) < 4.78 is 10.5. The number of fused-ring (bicyclic) bond motifs is 1. The molecule has 1 unspecified atom stereocenters. The average molecular weight is 325 g/mol. The van der Waals surface area contributed by atoms with Gasteiger partial charge in [-0.25, -0.2) is 4.79 Å². The van der Waals surface area contributed by atoms with E-state index < -0.39 is 0 Å². The lowest BCUT2D eigenvalue weighted by Crippen LogP contribution is -2.26. The van der Waals surface area contributed by atoms with E-state index in [2.05, 4.69) is 5.32 Å². The van der Waals surface area contributed by atoms with E-state index in [-0.39, 0.29) is 17.8 Å². The first-order chi connectivity index (χ1) is 11.7. The van der Waals surface area contributed by atoms with Gasteiger partial charge in [-0.15, -0.1) is 0 Å². The van der Waals surface area contributed by atoms with E-state index >= 15 is 0 Å². The highest BCUT2D eigenvalue weighted by molar-refractivity contribution is 5.97. The molecule has 0 fully saturated rings. The summed E-state index contributed by atoms with van der Waals surface area (Å²) >= 11 is 0. The molecule has 0 radical (unpaired) electrons. The van der Waals surface area contributed by atoms with Crippen LogP contribution in [0.2, 0.25) is 0 Å². The predicted molar refractivity (Wildman–Crippen MR) is 90.3 cm³/mol. The molecule has 5 heteroatoms. The maximum atomic E-state index is 12.6. The molecule has 0 spiro atoms. The van der Waals surface area contributed by atoms with Gasteiger partial charge < -0.3 is 14.8 Å². The van der Waals surface area contributed by atoms with Crippen LogP contribution in [0.25, 0.3) is 0 Å². The Morgan fingerprint density at radius 1 is 1.17 bits per heavy atom. The van der Waals surface area contributed by atoms with Crippen LogP contribution in [0.1, 0.15) is 35.2 Å². The monoisotopic (exact) mass is 325 g/mol. The summed E-state index contributed by atoms with van der Waals surface area (Å²) in [5.41, 5.74) is 2.02. The summed E-state index contributed by atoms with van der Waals surface area (Å²) in [6.07, 6.45) is 0.643. The van der Waals surface area contributed by atoms with Gasteiger partial charge in [0.25, 0.3) is 0 Å². The number of rotatable bonds is 4. The molecule has 1 aliphatic heterocycles. The van der Waals surface area contributed by atoms with Gasteiger partial charge in [0.15, 0.2) is 0 Å². The Kier molecular flexibility index (Phi) is 4.79. The van der Waals surface area contributed by atoms with Crippen molar-refractivity contribution in [3.05, 3.63) is 59.7 Å². The molecule has 1 aliphatic rings. The minimum Gasteiger partial charge on any atom is -0.493 e. The van der Waals surface area contributed by atoms with Crippen molar-refractivity contribution in [3.63, 3.8) is 0 Å². The number of carbonyl (C=O) groups is 2. The van der Waals surface area contributed by atoms with E-state index in [0.717, 1.165) is 11.3 Å². The molecule has 0 saturated carbocycles. The number of ether oxygens (including phenoxy) is 2. The summed E-state index contributed by atoms with van der Waals surface area (Å²) in [6.45, 7) is 2.62. The second-order valence-electron chi connectivity index (χ2n) is 5.51. The molecule has 1 atom stereocenters. The van der Waals surface area contributed by atoms with Crippen molar-refractivity contribution in [1.29, 1.82) is 0 Å². The van der Waals surface area contributed by atoms with Crippen molar-refractivity contribution >= 4 is 17.6 Å². The fourth-order valence-electron chi connectivity index (χ4n) is 2.75. The van der Waals surface area contributed by atoms with Crippen molar-refractivity contribution in [2.75, 3.05) is 18.5 Å². The first-order valence-corrected chi connectivity index (χ1v) is 7.99. The molecule has 5 nitrogen and oxygen atoms in total. The molecule has 2 aromatic carbocycles. The second-order valence-corrected chi connectivity index (χ2v) is 5.51. The molecule has 1 amide bonds. The minimum absolute atomic E-state index is 0.0744. The standard InChI is InChI=1S/C19H19NO4/c1-2-23-19(22)13-7-9-14(10-8-13)20-18(21)16-11-12-24-17-6-4-3-5-15(16)17/h3-10,16H,2,11-12H2,1H3,(H,20,21). The van der Waals surface area contributed by atoms with Gasteiger partial charge in [-0.3, -0.25) is 4.79 Å². The Morgan fingerprint density at radius 2 is 1.92 bits per heavy atom. The molecule has 0 bridgehead atoms. The van der Waals surface area contributed by atoms with E-state index in [1.807, 2.05) is 24.3 Å². The number of amides is 1. The van der Waals surface area contributed by atoms with E-state index in [4.69, 9.17) is 9.47 Å². The van der Waals surface area contributed by atoms with Crippen LogP contribution >= 0.6 is 0 Å². The second kappa shape index (κ2) is 7.17. The van der Waals surface area contributed by atoms with Gasteiger partial charge in [-0.1, -0.05) is 18.2 Å². The van der Waals surface area contributed by atoms with Crippen molar-refractivity contribution < 1.29 is 19.1 Å². The van der Waals surface area contributed by atoms with Gasteiger partial charge >= 0.3 is 5.97 Å². The molecule has 0 saturated heterocycles. The first kappa shape index (κ1) is 16.1. The largest absolute Gasteiger partial charge is 0.493 e. The van der Waals surface area contributed by atoms with Crippen LogP contribution < -0.4 is 10.1 Å². The Balaban J connectivity index is 1.71. The zero-order valence-electron chi connectivity index (χ0n) is 13.5. The lowest BCUT2D eigenvalue weighted by Gasteiger charge is -2.25. The number of nitrogens with one attached hydrogen (secondary N) is 1. The number of benzene rings is 2. The molecule has 0 aromatic heterocycles. The molecular weight excluding hydrogens is 306 g/mol. The third-order valence-electron chi connectivity index (χ3n) is 3.94. The van der Waals surface area contributed by atoms with Gasteiger partial charge in [-0.05, 0) is 43.7 Å². The van der Waals surface area contributed by atoms with E-state index in [1.165, 1.54) is 0 Å². The minimum atomic E-state index is -0.367. The quantitative estimate of drug-likeness (QED) is 0.875. The van der Waals surface area contributed by atoms with Crippen molar-refractivity contribution in [2.24, 2.45) is 0 Å². The Bertz CT molecular complexity index is 739. The number of para-hydroxylation sites is 1. The summed E-state index contributed by atoms with van der Waals surface area (Å²) in [5.74, 6) is 0.0876. The van der Waals surface area contributed by atoms with Gasteiger partial charge in [0.1, 0.15) is 5.75 Å². The highest BCUT2D eigenvalue weighted by atomic mass is 16.5. The number of hydrogen-bond acceptors (Lipinski definition) is 4. The van der Waals surface area contributed by atoms with Gasteiger partial charge in [0.05, 0.1) is 24.7 Å². The molecule has 2 aromatic rings. The number of carbonyl (C=O) groups excluding carboxylic acids is 2. The highest BCUT2D eigenvalue weighted by Gasteiger charge is 2.27. The first-order valence-electron chi connectivity index (χ1n) is 7.99. The molecule has 1 heterocycles. The lowest BCUT2D eigenvalue weighted by molar-refractivity contribution is -0.118. The van der Waals surface area contributed by atoms with E-state index in [1.54, 1.807) is 31.2 Å². The van der Waals surface area contributed by atoms with Crippen molar-refractivity contribution in [3.8, 4) is 5.75 Å². The van der Waals surface area contributed by atoms with Gasteiger partial charge in [0, 0.05) is 11.3 Å². The van der Waals surface area contributed by atoms with E-state index in [0.29, 0.717) is 30.9 Å². The van der Waals surface area contributed by atoms with Crippen LogP contribution in [0, 0.1) is 0 Å². The number of hydrogen-bond donors (Lipinski definition) is 1. The third kappa shape index (κ3) is 3.40. The number of esters is 1. The Labute approximate surface area is 140 Å². The van der Waals surface area contributed by atoms with Crippen molar-refractivity contribution in [2.45, 2.75) is 19.3 Å². The lowest BCUT2D eigenvalue weighted by atomic mass is 9.92. The average Bonchev–Trinajstić information content (AvgIpc) is 2.62. The summed E-state index contributed by atoms with van der Waals surface area (Å²) in [6, 6.07) is 14.3. The maximum absolute atomic E-state index is 12.6. The van der Waals surface area contributed by atoms with Crippen LogP contribution in [0.3, 0.4) is 0 Å². The molecular formula is C19H19NO4. The van der Waals surface area contributed by atoms with Crippen LogP contribution in [0.5, 0.6) is 5.75 Å². The van der Waals surface area contributed by atoms with Crippen molar-refractivity contribution in [1.82, 2.24) is 0 Å². The smallest absolute Gasteiger partial charge is 0.338 e. The molecule has 0 aliphatic carbocycles. The van der Waals surface area contributed by atoms with Gasteiger partial charge in [-0.2, -0.15) is 0 Å². The molecule has 24 heavy (non-hydrogen) atoms. The highest BCUT2D eigenvalue weighted by Crippen LogP contribution is 2.34. The summed E-state index contributed by atoms with van der Waals surface area (Å²) in [7, 11) is 0. The fraction of sp³-hybridized carbons (Fsp3) is 0.263. The van der Waals surface area contributed by atoms with E-state index in [9.17, 15) is 9.59 Å². The van der Waals surface area contributed by atoms with Crippen LogP contribution in [0.4, 0.5) is 5.69 Å². The fourth-order valence-corrected chi connectivity index (χ4v) is 2.75. The molecule has 124 valence electrons. The number of anilines is 1. The topological polar surface area (TPSA) is 64.6 Å². The predicted octanol–water partition coefficient (Wildman–Crippen LogP) is 3.37.